The van der Waals surface area contributed by atoms with E-state index in [1.807, 2.05) is 12.1 Å². The molecule has 0 radical (unpaired) electrons. The Bertz CT molecular complexity index is 584. The standard InChI is InChI=1S/C17H26N2O2S/c1-11(15-12(2)19-16(22-15)17(3,4)5)18-13(10-20-6)14-8-7-9-21-14/h7-9,11,13,18H,10H2,1-6H3/t11-,13+/m1/s1. The predicted molar refractivity (Wildman–Crippen MR) is 90.4 cm³/mol. The van der Waals surface area contributed by atoms with Crippen molar-refractivity contribution in [1.82, 2.24) is 10.3 Å². The average Bonchev–Trinajstić information content (AvgIpc) is 3.06. The maximum absolute atomic E-state index is 5.52. The Morgan fingerprint density at radius 1 is 1.41 bits per heavy atom. The molecule has 2 rings (SSSR count). The Morgan fingerprint density at radius 3 is 2.64 bits per heavy atom. The lowest BCUT2D eigenvalue weighted by Crippen LogP contribution is -2.27. The molecule has 0 aliphatic carbocycles. The Kier molecular flexibility index (Phi) is 5.42. The number of nitrogens with one attached hydrogen (secondary N) is 1. The highest BCUT2D eigenvalue weighted by Crippen LogP contribution is 2.33. The predicted octanol–water partition coefficient (Wildman–Crippen LogP) is 4.38. The van der Waals surface area contributed by atoms with Crippen LogP contribution in [0.3, 0.4) is 0 Å². The number of aromatic nitrogens is 1. The summed E-state index contributed by atoms with van der Waals surface area (Å²) in [6, 6.07) is 4.11. The van der Waals surface area contributed by atoms with Crippen LogP contribution in [0.5, 0.6) is 0 Å². The van der Waals surface area contributed by atoms with E-state index in [2.05, 4.69) is 39.9 Å². The van der Waals surface area contributed by atoms with Gasteiger partial charge >= 0.3 is 0 Å². The van der Waals surface area contributed by atoms with Crippen LogP contribution in [0, 0.1) is 6.92 Å². The molecule has 2 atom stereocenters. The van der Waals surface area contributed by atoms with Crippen LogP contribution in [0.4, 0.5) is 0 Å². The van der Waals surface area contributed by atoms with Gasteiger partial charge in [-0.05, 0) is 26.0 Å². The Labute approximate surface area is 136 Å². The molecule has 0 saturated carbocycles. The van der Waals surface area contributed by atoms with E-state index in [0.717, 1.165) is 11.5 Å². The second-order valence-corrected chi connectivity index (χ2v) is 7.66. The second kappa shape index (κ2) is 6.94. The molecule has 4 nitrogen and oxygen atoms in total. The van der Waals surface area contributed by atoms with E-state index in [9.17, 15) is 0 Å². The van der Waals surface area contributed by atoms with E-state index >= 15 is 0 Å². The molecule has 0 aromatic carbocycles. The molecule has 5 heteroatoms. The topological polar surface area (TPSA) is 47.3 Å². The number of hydrogen-bond acceptors (Lipinski definition) is 5. The van der Waals surface area contributed by atoms with Crippen molar-refractivity contribution in [1.29, 1.82) is 0 Å². The molecular weight excluding hydrogens is 296 g/mol. The minimum atomic E-state index is 0.0367. The first-order valence-electron chi connectivity index (χ1n) is 7.59. The summed E-state index contributed by atoms with van der Waals surface area (Å²) in [5.74, 6) is 0.895. The Balaban J connectivity index is 2.17. The molecule has 0 spiro atoms. The zero-order chi connectivity index (χ0) is 16.3. The van der Waals surface area contributed by atoms with Gasteiger partial charge in [0.2, 0.25) is 0 Å². The first-order chi connectivity index (χ1) is 10.3. The van der Waals surface area contributed by atoms with Crippen LogP contribution in [-0.4, -0.2) is 18.7 Å². The summed E-state index contributed by atoms with van der Waals surface area (Å²) in [5.41, 5.74) is 1.19. The third-order valence-corrected chi connectivity index (χ3v) is 5.30. The van der Waals surface area contributed by atoms with Gasteiger partial charge in [0.15, 0.2) is 0 Å². The number of aryl methyl sites for hydroxylation is 1. The fourth-order valence-corrected chi connectivity index (χ4v) is 3.51. The molecule has 0 unspecified atom stereocenters. The minimum absolute atomic E-state index is 0.0367. The molecule has 0 aliphatic rings. The van der Waals surface area contributed by atoms with Gasteiger partial charge in [-0.3, -0.25) is 5.32 Å². The summed E-state index contributed by atoms with van der Waals surface area (Å²) >= 11 is 1.79. The number of methoxy groups -OCH3 is 1. The lowest BCUT2D eigenvalue weighted by atomic mass is 9.98. The third kappa shape index (κ3) is 3.97. The molecule has 2 aromatic rings. The summed E-state index contributed by atoms with van der Waals surface area (Å²) in [6.45, 7) is 11.4. The van der Waals surface area contributed by atoms with Gasteiger partial charge < -0.3 is 9.15 Å². The number of ether oxygens (including phenoxy) is 1. The number of furan rings is 1. The number of thiazole rings is 1. The first-order valence-corrected chi connectivity index (χ1v) is 8.40. The maximum atomic E-state index is 5.52. The summed E-state index contributed by atoms with van der Waals surface area (Å²) in [6.07, 6.45) is 1.69. The van der Waals surface area contributed by atoms with Crippen LogP contribution in [0.25, 0.3) is 0 Å². The van der Waals surface area contributed by atoms with Crippen LogP contribution in [0.2, 0.25) is 0 Å². The van der Waals surface area contributed by atoms with Crippen molar-refractivity contribution >= 4 is 11.3 Å². The molecule has 2 heterocycles. The molecule has 2 aromatic heterocycles. The Hall–Kier alpha value is -1.17. The monoisotopic (exact) mass is 322 g/mol. The van der Waals surface area contributed by atoms with Crippen molar-refractivity contribution in [3.63, 3.8) is 0 Å². The first kappa shape index (κ1) is 17.2. The summed E-state index contributed by atoms with van der Waals surface area (Å²) < 4.78 is 10.8. The molecule has 0 fully saturated rings. The maximum Gasteiger partial charge on any atom is 0.123 e. The van der Waals surface area contributed by atoms with Crippen molar-refractivity contribution in [2.24, 2.45) is 0 Å². The molecule has 0 amide bonds. The fourth-order valence-electron chi connectivity index (χ4n) is 2.38. The fraction of sp³-hybridized carbons (Fsp3) is 0.588. The number of rotatable bonds is 6. The molecular formula is C17H26N2O2S. The van der Waals surface area contributed by atoms with E-state index < -0.39 is 0 Å². The van der Waals surface area contributed by atoms with Crippen LogP contribution in [-0.2, 0) is 10.2 Å². The van der Waals surface area contributed by atoms with Gasteiger partial charge in [0.05, 0.1) is 29.6 Å². The largest absolute Gasteiger partial charge is 0.468 e. The SMILES string of the molecule is COC[C@H](N[C@H](C)c1sc(C(C)(C)C)nc1C)c1ccco1. The van der Waals surface area contributed by atoms with Gasteiger partial charge in [0.25, 0.3) is 0 Å². The zero-order valence-corrected chi connectivity index (χ0v) is 15.1. The molecule has 22 heavy (non-hydrogen) atoms. The second-order valence-electron chi connectivity index (χ2n) is 6.63. The van der Waals surface area contributed by atoms with Gasteiger partial charge in [-0.1, -0.05) is 20.8 Å². The van der Waals surface area contributed by atoms with Crippen molar-refractivity contribution < 1.29 is 9.15 Å². The highest BCUT2D eigenvalue weighted by molar-refractivity contribution is 7.12. The highest BCUT2D eigenvalue weighted by atomic mass is 32.1. The van der Waals surface area contributed by atoms with Crippen LogP contribution in [0.1, 0.15) is 61.1 Å². The molecule has 0 bridgehead atoms. The minimum Gasteiger partial charge on any atom is -0.468 e. The lowest BCUT2D eigenvalue weighted by Gasteiger charge is -2.21. The van der Waals surface area contributed by atoms with E-state index in [4.69, 9.17) is 14.1 Å². The van der Waals surface area contributed by atoms with E-state index in [-0.39, 0.29) is 17.5 Å². The molecule has 0 saturated heterocycles. The molecule has 122 valence electrons. The van der Waals surface area contributed by atoms with Gasteiger partial charge in [-0.15, -0.1) is 11.3 Å². The number of nitrogens with zero attached hydrogens (tertiary/aromatic N) is 1. The van der Waals surface area contributed by atoms with Crippen molar-refractivity contribution in [3.05, 3.63) is 39.7 Å². The summed E-state index contributed by atoms with van der Waals surface area (Å²) in [4.78, 5) is 6.02. The van der Waals surface area contributed by atoms with Crippen molar-refractivity contribution in [2.75, 3.05) is 13.7 Å². The van der Waals surface area contributed by atoms with Gasteiger partial charge in [0, 0.05) is 23.4 Å². The lowest BCUT2D eigenvalue weighted by molar-refractivity contribution is 0.152. The summed E-state index contributed by atoms with van der Waals surface area (Å²) in [7, 11) is 1.71. The van der Waals surface area contributed by atoms with Gasteiger partial charge in [0.1, 0.15) is 5.76 Å². The average molecular weight is 322 g/mol. The van der Waals surface area contributed by atoms with E-state index in [1.165, 1.54) is 9.88 Å². The quantitative estimate of drug-likeness (QED) is 0.857. The normalized spacial score (nSPS) is 15.0. The van der Waals surface area contributed by atoms with E-state index in [1.54, 1.807) is 24.7 Å². The van der Waals surface area contributed by atoms with Crippen molar-refractivity contribution in [3.8, 4) is 0 Å². The zero-order valence-electron chi connectivity index (χ0n) is 14.3. The number of hydrogen-bond donors (Lipinski definition) is 1. The van der Waals surface area contributed by atoms with Crippen molar-refractivity contribution in [2.45, 2.75) is 52.1 Å². The van der Waals surface area contributed by atoms with Crippen LogP contribution >= 0.6 is 11.3 Å². The van der Waals surface area contributed by atoms with Crippen LogP contribution in [0.15, 0.2) is 22.8 Å². The third-order valence-electron chi connectivity index (χ3n) is 3.54. The summed E-state index contributed by atoms with van der Waals surface area (Å²) in [5, 5.41) is 4.77. The molecule has 1 N–H and O–H groups in total. The molecule has 0 aliphatic heterocycles. The smallest absolute Gasteiger partial charge is 0.123 e. The van der Waals surface area contributed by atoms with Crippen LogP contribution < -0.4 is 5.32 Å². The van der Waals surface area contributed by atoms with Gasteiger partial charge in [-0.2, -0.15) is 0 Å². The Morgan fingerprint density at radius 2 is 2.14 bits per heavy atom. The highest BCUT2D eigenvalue weighted by Gasteiger charge is 2.24. The van der Waals surface area contributed by atoms with Gasteiger partial charge in [-0.25, -0.2) is 4.98 Å². The van der Waals surface area contributed by atoms with E-state index in [0.29, 0.717) is 6.61 Å².